The van der Waals surface area contributed by atoms with Gasteiger partial charge in [0.2, 0.25) is 15.9 Å². The van der Waals surface area contributed by atoms with E-state index in [0.717, 1.165) is 23.7 Å². The first-order valence-electron chi connectivity index (χ1n) is 11.0. The summed E-state index contributed by atoms with van der Waals surface area (Å²) in [7, 11) is -3.59. The lowest BCUT2D eigenvalue weighted by Crippen LogP contribution is -2.50. The molecule has 14 heteroatoms. The number of nitrogens with one attached hydrogen (secondary N) is 3. The average molecular weight is 568 g/mol. The van der Waals surface area contributed by atoms with Gasteiger partial charge in [-0.3, -0.25) is 23.9 Å². The number of carbonyl (C=O) groups is 2. The van der Waals surface area contributed by atoms with Crippen molar-refractivity contribution in [1.29, 1.82) is 0 Å². The maximum atomic E-state index is 14.7. The zero-order chi connectivity index (χ0) is 26.7. The molecule has 10 nitrogen and oxygen atoms in total. The molecule has 1 fully saturated rings. The number of halogens is 2. The van der Waals surface area contributed by atoms with Crippen LogP contribution in [0, 0.1) is 5.82 Å². The molecule has 2 aromatic heterocycles. The van der Waals surface area contributed by atoms with Crippen LogP contribution in [0.5, 0.6) is 0 Å². The molecule has 0 radical (unpaired) electrons. The zero-order valence-electron chi connectivity index (χ0n) is 19.5. The van der Waals surface area contributed by atoms with Crippen molar-refractivity contribution >= 4 is 50.5 Å². The molecule has 1 aliphatic heterocycles. The van der Waals surface area contributed by atoms with Crippen molar-refractivity contribution < 1.29 is 22.4 Å². The lowest BCUT2D eigenvalue weighted by Gasteiger charge is -2.19. The van der Waals surface area contributed by atoms with E-state index in [1.165, 1.54) is 29.0 Å². The summed E-state index contributed by atoms with van der Waals surface area (Å²) < 4.78 is 42.6. The summed E-state index contributed by atoms with van der Waals surface area (Å²) in [6.45, 7) is 0.164. The van der Waals surface area contributed by atoms with E-state index < -0.39 is 39.7 Å². The highest BCUT2D eigenvalue weighted by Crippen LogP contribution is 2.22. The summed E-state index contributed by atoms with van der Waals surface area (Å²) in [4.78, 5) is 39.2. The van der Waals surface area contributed by atoms with Gasteiger partial charge in [0.25, 0.3) is 11.5 Å². The fraction of sp³-hybridized carbons (Fsp3) is 0.261. The van der Waals surface area contributed by atoms with E-state index in [0.29, 0.717) is 14.9 Å². The Balaban J connectivity index is 1.41. The molecule has 0 bridgehead atoms. The number of rotatable bonds is 8. The number of pyridine rings is 1. The molecular formula is C23H23ClFN5O5S2. The van der Waals surface area contributed by atoms with Crippen LogP contribution in [0.4, 0.5) is 10.1 Å². The van der Waals surface area contributed by atoms with E-state index in [9.17, 15) is 27.2 Å². The van der Waals surface area contributed by atoms with Gasteiger partial charge >= 0.3 is 0 Å². The normalized spacial score (nSPS) is 18.0. The van der Waals surface area contributed by atoms with Crippen LogP contribution in [0.3, 0.4) is 0 Å². The number of anilines is 1. The topological polar surface area (TPSA) is 130 Å². The molecule has 3 aromatic rings. The van der Waals surface area contributed by atoms with Crippen LogP contribution in [0.2, 0.25) is 4.34 Å². The Hall–Kier alpha value is -3.10. The maximum Gasteiger partial charge on any atom is 0.261 e. The van der Waals surface area contributed by atoms with E-state index in [2.05, 4.69) is 15.4 Å². The summed E-state index contributed by atoms with van der Waals surface area (Å²) in [5.74, 6) is -1.66. The van der Waals surface area contributed by atoms with Crippen LogP contribution in [0.25, 0.3) is 5.69 Å². The van der Waals surface area contributed by atoms with Gasteiger partial charge in [-0.1, -0.05) is 17.7 Å². The molecule has 3 N–H and O–H groups in total. The minimum Gasteiger partial charge on any atom is -0.346 e. The van der Waals surface area contributed by atoms with Gasteiger partial charge in [0.05, 0.1) is 45.5 Å². The lowest BCUT2D eigenvalue weighted by molar-refractivity contribution is -0.117. The monoisotopic (exact) mass is 567 g/mol. The number of amides is 2. The second-order valence-corrected chi connectivity index (χ2v) is 12.0. The zero-order valence-corrected chi connectivity index (χ0v) is 21.9. The summed E-state index contributed by atoms with van der Waals surface area (Å²) >= 11 is 6.98. The number of nitrogens with zero attached hydrogens (tertiary/aromatic N) is 2. The van der Waals surface area contributed by atoms with Gasteiger partial charge in [0.15, 0.2) is 0 Å². The number of hydrogen-bond acceptors (Lipinski definition) is 7. The Kier molecular flexibility index (Phi) is 8.09. The van der Waals surface area contributed by atoms with Gasteiger partial charge in [-0.05, 0) is 30.3 Å². The minimum atomic E-state index is -3.59. The second-order valence-electron chi connectivity index (χ2n) is 8.50. The molecule has 1 aliphatic rings. The molecule has 2 amide bonds. The molecule has 1 aromatic carbocycles. The predicted molar refractivity (Wildman–Crippen MR) is 139 cm³/mol. The Labute approximate surface area is 221 Å². The van der Waals surface area contributed by atoms with Crippen LogP contribution >= 0.6 is 22.9 Å². The molecule has 37 heavy (non-hydrogen) atoms. The molecule has 0 spiro atoms. The average Bonchev–Trinajstić information content (AvgIpc) is 3.40. The molecule has 2 atom stereocenters. The van der Waals surface area contributed by atoms with E-state index in [-0.39, 0.29) is 30.9 Å². The van der Waals surface area contributed by atoms with Gasteiger partial charge in [0.1, 0.15) is 5.82 Å². The highest BCUT2D eigenvalue weighted by atomic mass is 35.5. The summed E-state index contributed by atoms with van der Waals surface area (Å²) in [6.07, 6.45) is 2.52. The third-order valence-corrected chi connectivity index (χ3v) is 7.53. The van der Waals surface area contributed by atoms with Gasteiger partial charge < -0.3 is 10.6 Å². The highest BCUT2D eigenvalue weighted by Gasteiger charge is 2.36. The largest absolute Gasteiger partial charge is 0.346 e. The number of sulfonamides is 1. The first-order chi connectivity index (χ1) is 17.5. The Morgan fingerprint density at radius 3 is 2.54 bits per heavy atom. The molecular weight excluding hydrogens is 545 g/mol. The summed E-state index contributed by atoms with van der Waals surface area (Å²) in [5, 5.41) is 5.29. The van der Waals surface area contributed by atoms with Crippen molar-refractivity contribution in [2.45, 2.75) is 12.1 Å². The molecule has 1 saturated heterocycles. The fourth-order valence-electron chi connectivity index (χ4n) is 4.02. The van der Waals surface area contributed by atoms with Crippen molar-refractivity contribution in [3.05, 3.63) is 80.1 Å². The Morgan fingerprint density at radius 2 is 1.89 bits per heavy atom. The van der Waals surface area contributed by atoms with Crippen LogP contribution in [-0.4, -0.2) is 67.7 Å². The van der Waals surface area contributed by atoms with E-state index in [1.54, 1.807) is 29.2 Å². The molecule has 0 saturated carbocycles. The lowest BCUT2D eigenvalue weighted by atomic mass is 10.2. The van der Waals surface area contributed by atoms with Crippen molar-refractivity contribution in [1.82, 2.24) is 19.5 Å². The third kappa shape index (κ3) is 7.02. The maximum absolute atomic E-state index is 14.7. The number of aromatic nitrogens is 1. The van der Waals surface area contributed by atoms with Crippen LogP contribution < -0.4 is 20.9 Å². The first kappa shape index (κ1) is 26.9. The van der Waals surface area contributed by atoms with Crippen molar-refractivity contribution in [2.75, 3.05) is 31.2 Å². The highest BCUT2D eigenvalue weighted by molar-refractivity contribution is 7.88. The first-order valence-corrected chi connectivity index (χ1v) is 14.1. The number of benzene rings is 1. The second kappa shape index (κ2) is 11.1. The van der Waals surface area contributed by atoms with E-state index >= 15 is 0 Å². The van der Waals surface area contributed by atoms with E-state index in [4.69, 9.17) is 11.6 Å². The van der Waals surface area contributed by atoms with Crippen LogP contribution in [0.1, 0.15) is 9.67 Å². The molecule has 0 aliphatic carbocycles. The minimum absolute atomic E-state index is 0.0674. The standard InChI is InChI=1S/C23H23ClFN5O5S2/c1-37(34,35)28-18-12-29(11-17(18)27-23(33)19-7-8-20(24)36-19)13-21(31)26-16-6-5-14(10-15(16)25)30-9-3-2-4-22(30)32/h2-10,17-18,28H,11-13H2,1H3,(H,26,31)(H,27,33)/t17-,18?/m0/s1. The molecule has 3 heterocycles. The number of hydrogen-bond donors (Lipinski definition) is 3. The van der Waals surface area contributed by atoms with Gasteiger partial charge in [-0.25, -0.2) is 17.5 Å². The van der Waals surface area contributed by atoms with E-state index in [1.807, 2.05) is 0 Å². The van der Waals surface area contributed by atoms with Gasteiger partial charge in [0, 0.05) is 31.4 Å². The smallest absolute Gasteiger partial charge is 0.261 e. The third-order valence-electron chi connectivity index (χ3n) is 5.57. The number of carbonyl (C=O) groups excluding carboxylic acids is 2. The summed E-state index contributed by atoms with van der Waals surface area (Å²) in [5.41, 5.74) is -0.0862. The number of likely N-dealkylation sites (tertiary alicyclic amines) is 1. The summed E-state index contributed by atoms with van der Waals surface area (Å²) in [6, 6.07) is 10.4. The molecule has 196 valence electrons. The van der Waals surface area contributed by atoms with Crippen molar-refractivity contribution in [3.8, 4) is 5.69 Å². The molecule has 1 unspecified atom stereocenters. The predicted octanol–water partition coefficient (Wildman–Crippen LogP) is 1.66. The Morgan fingerprint density at radius 1 is 1.14 bits per heavy atom. The molecule has 4 rings (SSSR count). The van der Waals surface area contributed by atoms with Crippen molar-refractivity contribution in [2.24, 2.45) is 0 Å². The van der Waals surface area contributed by atoms with Gasteiger partial charge in [-0.15, -0.1) is 11.3 Å². The quantitative estimate of drug-likeness (QED) is 0.380. The fourth-order valence-corrected chi connectivity index (χ4v) is 5.75. The van der Waals surface area contributed by atoms with Crippen molar-refractivity contribution in [3.63, 3.8) is 0 Å². The number of thiophene rings is 1. The van der Waals surface area contributed by atoms with Crippen LogP contribution in [0.15, 0.2) is 59.5 Å². The SMILES string of the molecule is CS(=O)(=O)NC1CN(CC(=O)Nc2ccc(-n3ccccc3=O)cc2F)C[C@@H]1NC(=O)c1ccc(Cl)s1. The van der Waals surface area contributed by atoms with Gasteiger partial charge in [-0.2, -0.15) is 0 Å². The Bertz CT molecular complexity index is 1490. The van der Waals surface area contributed by atoms with Crippen LogP contribution in [-0.2, 0) is 14.8 Å².